The van der Waals surface area contributed by atoms with Crippen LogP contribution in [0.25, 0.3) is 10.9 Å². The van der Waals surface area contributed by atoms with E-state index in [9.17, 15) is 8.42 Å². The highest BCUT2D eigenvalue weighted by molar-refractivity contribution is 7.91. The normalized spacial score (nSPS) is 16.3. The minimum atomic E-state index is -3.77. The van der Waals surface area contributed by atoms with Crippen molar-refractivity contribution < 1.29 is 17.9 Å². The summed E-state index contributed by atoms with van der Waals surface area (Å²) in [6, 6.07) is 14.3. The van der Waals surface area contributed by atoms with Gasteiger partial charge in [0.1, 0.15) is 27.6 Å². The Hall–Kier alpha value is -2.64. The molecular formula is C23H26N2O4S+. The third-order valence-electron chi connectivity index (χ3n) is 5.66. The van der Waals surface area contributed by atoms with Crippen LogP contribution in [0.5, 0.6) is 11.5 Å². The van der Waals surface area contributed by atoms with Gasteiger partial charge in [-0.15, -0.1) is 0 Å². The Labute approximate surface area is 177 Å². The van der Waals surface area contributed by atoms with Crippen LogP contribution in [0.3, 0.4) is 0 Å². The largest absolute Gasteiger partial charge is 0.494 e. The van der Waals surface area contributed by atoms with E-state index in [0.717, 1.165) is 24.3 Å². The molecule has 0 unspecified atom stereocenters. The Bertz CT molecular complexity index is 1140. The fraction of sp³-hybridized carbons (Fsp3) is 0.304. The van der Waals surface area contributed by atoms with Gasteiger partial charge >= 0.3 is 10.0 Å². The van der Waals surface area contributed by atoms with E-state index in [0.29, 0.717) is 36.3 Å². The van der Waals surface area contributed by atoms with Crippen molar-refractivity contribution in [1.82, 2.24) is 8.87 Å². The third-order valence-corrected chi connectivity index (χ3v) is 8.07. The van der Waals surface area contributed by atoms with Crippen LogP contribution in [-0.2, 0) is 10.0 Å². The van der Waals surface area contributed by atoms with Crippen LogP contribution in [0, 0.1) is 6.42 Å². The predicted molar refractivity (Wildman–Crippen MR) is 118 cm³/mol. The summed E-state index contributed by atoms with van der Waals surface area (Å²) in [4.78, 5) is 4.66. The number of pyridine rings is 1. The van der Waals surface area contributed by atoms with E-state index in [1.807, 2.05) is 31.2 Å². The molecule has 0 spiro atoms. The number of methoxy groups -OCH3 is 1. The minimum absolute atomic E-state index is 0.119. The molecule has 0 N–H and O–H groups in total. The van der Waals surface area contributed by atoms with Crippen molar-refractivity contribution in [2.45, 2.75) is 24.7 Å². The van der Waals surface area contributed by atoms with Crippen molar-refractivity contribution in [2.24, 2.45) is 0 Å². The molecule has 0 bridgehead atoms. The summed E-state index contributed by atoms with van der Waals surface area (Å²) in [6.45, 7) is 3.47. The van der Waals surface area contributed by atoms with Gasteiger partial charge in [0.25, 0.3) is 0 Å². The van der Waals surface area contributed by atoms with E-state index >= 15 is 0 Å². The first-order valence-electron chi connectivity index (χ1n) is 10.1. The first-order valence-corrected chi connectivity index (χ1v) is 11.6. The summed E-state index contributed by atoms with van der Waals surface area (Å²) in [5, 5.41) is 0.579. The van der Waals surface area contributed by atoms with E-state index in [-0.39, 0.29) is 8.78 Å². The second-order valence-corrected chi connectivity index (χ2v) is 9.36. The van der Waals surface area contributed by atoms with Gasteiger partial charge in [-0.25, -0.2) is 0 Å². The molecule has 1 aromatic heterocycles. The Morgan fingerprint density at radius 1 is 1.03 bits per heavy atom. The van der Waals surface area contributed by atoms with Crippen LogP contribution in [0.1, 0.15) is 19.8 Å². The Morgan fingerprint density at radius 3 is 2.43 bits per heavy atom. The third kappa shape index (κ3) is 3.32. The average Bonchev–Trinajstić information content (AvgIpc) is 2.79. The summed E-state index contributed by atoms with van der Waals surface area (Å²) >= 11 is 0. The molecular weight excluding hydrogens is 400 g/mol. The molecule has 0 aliphatic carbocycles. The van der Waals surface area contributed by atoms with Crippen LogP contribution in [0.15, 0.2) is 59.6 Å². The molecule has 157 valence electrons. The molecule has 7 heteroatoms. The second-order valence-electron chi connectivity index (χ2n) is 7.27. The number of piperidine rings is 1. The molecule has 3 aromatic rings. The van der Waals surface area contributed by atoms with Crippen molar-refractivity contribution in [2.75, 3.05) is 26.8 Å². The molecule has 0 saturated carbocycles. The van der Waals surface area contributed by atoms with Gasteiger partial charge < -0.3 is 9.47 Å². The number of sulfonamides is 1. The van der Waals surface area contributed by atoms with Crippen molar-refractivity contribution in [3.63, 3.8) is 0 Å². The van der Waals surface area contributed by atoms with Gasteiger partial charge in [-0.3, -0.25) is 4.98 Å². The number of aromatic nitrogens is 1. The molecule has 2 aromatic carbocycles. The number of rotatable bonds is 6. The number of quaternary nitrogens is 1. The fourth-order valence-electron chi connectivity index (χ4n) is 4.17. The minimum Gasteiger partial charge on any atom is -0.494 e. The van der Waals surface area contributed by atoms with Crippen molar-refractivity contribution in [3.05, 3.63) is 61.1 Å². The Kier molecular flexibility index (Phi) is 5.66. The van der Waals surface area contributed by atoms with E-state index in [4.69, 9.17) is 9.47 Å². The lowest BCUT2D eigenvalue weighted by Gasteiger charge is -2.39. The maximum atomic E-state index is 14.2. The van der Waals surface area contributed by atoms with E-state index in [2.05, 4.69) is 11.4 Å². The SMILES string of the molecule is CCOc1ccc([N+]2(S(=O)(=O)c3ccc(OC)c4ncccc34)CC[CH]CC2)cc1. The number of benzene rings is 2. The van der Waals surface area contributed by atoms with Crippen molar-refractivity contribution >= 4 is 26.6 Å². The second kappa shape index (κ2) is 8.24. The molecule has 0 atom stereocenters. The number of nitrogens with zero attached hydrogens (tertiary/aromatic N) is 2. The lowest BCUT2D eigenvalue weighted by atomic mass is 10.1. The molecule has 4 rings (SSSR count). The quantitative estimate of drug-likeness (QED) is 0.549. The van der Waals surface area contributed by atoms with Gasteiger partial charge in [0.15, 0.2) is 0 Å². The number of fused-ring (bicyclic) bond motifs is 1. The molecule has 30 heavy (non-hydrogen) atoms. The van der Waals surface area contributed by atoms with Crippen molar-refractivity contribution in [3.8, 4) is 11.5 Å². The summed E-state index contributed by atoms with van der Waals surface area (Å²) in [5.74, 6) is 1.30. The van der Waals surface area contributed by atoms with Gasteiger partial charge in [0.05, 0.1) is 26.8 Å². The topological polar surface area (TPSA) is 65.5 Å². The summed E-state index contributed by atoms with van der Waals surface area (Å²) < 4.78 is 39.2. The number of ether oxygens (including phenoxy) is 2. The molecule has 1 radical (unpaired) electrons. The Balaban J connectivity index is 1.91. The van der Waals surface area contributed by atoms with E-state index in [1.54, 1.807) is 37.6 Å². The lowest BCUT2D eigenvalue weighted by molar-refractivity contribution is 0.339. The van der Waals surface area contributed by atoms with Crippen LogP contribution >= 0.6 is 0 Å². The summed E-state index contributed by atoms with van der Waals surface area (Å²) in [7, 11) is -2.21. The van der Waals surface area contributed by atoms with Gasteiger partial charge in [0, 0.05) is 36.6 Å². The maximum Gasteiger partial charge on any atom is 0.332 e. The van der Waals surface area contributed by atoms with Gasteiger partial charge in [-0.1, -0.05) is 0 Å². The highest BCUT2D eigenvalue weighted by Gasteiger charge is 2.47. The van der Waals surface area contributed by atoms with Crippen LogP contribution in [0.2, 0.25) is 0 Å². The molecule has 1 aliphatic heterocycles. The number of hydrogen-bond acceptors (Lipinski definition) is 5. The average molecular weight is 427 g/mol. The fourth-order valence-corrected chi connectivity index (χ4v) is 6.32. The van der Waals surface area contributed by atoms with Gasteiger partial charge in [-0.05, 0) is 49.7 Å². The maximum absolute atomic E-state index is 14.2. The first-order chi connectivity index (χ1) is 14.5. The highest BCUT2D eigenvalue weighted by atomic mass is 32.2. The summed E-state index contributed by atoms with van der Waals surface area (Å²) in [5.41, 5.74) is 1.30. The van der Waals surface area contributed by atoms with Crippen LogP contribution in [-0.4, -0.2) is 40.2 Å². The van der Waals surface area contributed by atoms with E-state index < -0.39 is 10.0 Å². The van der Waals surface area contributed by atoms with Gasteiger partial charge in [-0.2, -0.15) is 12.3 Å². The number of hydrogen-bond donors (Lipinski definition) is 0. The molecule has 1 fully saturated rings. The van der Waals surface area contributed by atoms with Crippen LogP contribution in [0.4, 0.5) is 5.69 Å². The van der Waals surface area contributed by atoms with E-state index in [1.165, 1.54) is 0 Å². The smallest absolute Gasteiger partial charge is 0.332 e. The molecule has 0 amide bonds. The first kappa shape index (κ1) is 20.6. The molecule has 6 nitrogen and oxygen atoms in total. The lowest BCUT2D eigenvalue weighted by Crippen LogP contribution is -2.57. The Morgan fingerprint density at radius 2 is 1.77 bits per heavy atom. The zero-order chi connectivity index (χ0) is 21.2. The predicted octanol–water partition coefficient (Wildman–Crippen LogP) is 4.34. The molecule has 1 saturated heterocycles. The molecule has 2 heterocycles. The monoisotopic (exact) mass is 426 g/mol. The molecule has 1 aliphatic rings. The van der Waals surface area contributed by atoms with Crippen molar-refractivity contribution in [1.29, 1.82) is 0 Å². The summed E-state index contributed by atoms with van der Waals surface area (Å²) in [6.07, 6.45) is 5.28. The van der Waals surface area contributed by atoms with Crippen LogP contribution < -0.4 is 13.4 Å². The standard InChI is InChI=1S/C23H26N2O4S/c1-3-29-19-11-9-18(10-12-19)25(16-5-4-6-17-25)30(26,27)22-14-13-21(28-2)23-20(22)8-7-15-24-23/h4,7-15H,3,5-6,16-17H2,1-2H3/q+1. The highest BCUT2D eigenvalue weighted by Crippen LogP contribution is 2.40. The zero-order valence-electron chi connectivity index (χ0n) is 17.2. The zero-order valence-corrected chi connectivity index (χ0v) is 18.1. The van der Waals surface area contributed by atoms with Gasteiger partial charge in [0.2, 0.25) is 0 Å².